The van der Waals surface area contributed by atoms with Gasteiger partial charge < -0.3 is 15.5 Å². The van der Waals surface area contributed by atoms with E-state index < -0.39 is 5.41 Å². The van der Waals surface area contributed by atoms with E-state index in [1.165, 1.54) is 0 Å². The van der Waals surface area contributed by atoms with Gasteiger partial charge in [-0.3, -0.25) is 9.59 Å². The lowest BCUT2D eigenvalue weighted by Crippen LogP contribution is -2.46. The molecule has 1 rings (SSSR count). The summed E-state index contributed by atoms with van der Waals surface area (Å²) in [4.78, 5) is 26.6. The summed E-state index contributed by atoms with van der Waals surface area (Å²) < 4.78 is 0.796. The molecule has 122 valence electrons. The Hall–Kier alpha value is -1.40. The number of hydrogen-bond acceptors (Lipinski definition) is 3. The van der Waals surface area contributed by atoms with Crippen molar-refractivity contribution in [2.75, 3.05) is 32.5 Å². The summed E-state index contributed by atoms with van der Waals surface area (Å²) in [5.74, 6) is -0.616. The maximum Gasteiger partial charge on any atom is 0.239 e. The highest BCUT2D eigenvalue weighted by atomic mass is 79.9. The molecule has 0 bridgehead atoms. The fourth-order valence-electron chi connectivity index (χ4n) is 1.72. The van der Waals surface area contributed by atoms with Crippen molar-refractivity contribution in [2.24, 2.45) is 5.41 Å². The maximum absolute atomic E-state index is 12.4. The second-order valence-corrected chi connectivity index (χ2v) is 6.98. The predicted octanol–water partition coefficient (Wildman–Crippen LogP) is 2.40. The zero-order valence-electron chi connectivity index (χ0n) is 13.8. The lowest BCUT2D eigenvalue weighted by molar-refractivity contribution is -0.138. The number of carbonyl (C=O) groups excluding carboxylic acids is 2. The maximum atomic E-state index is 12.4. The highest BCUT2D eigenvalue weighted by molar-refractivity contribution is 9.10. The molecule has 0 aliphatic heterocycles. The summed E-state index contributed by atoms with van der Waals surface area (Å²) in [6.07, 6.45) is 0. The zero-order valence-corrected chi connectivity index (χ0v) is 15.4. The Morgan fingerprint density at radius 2 is 1.86 bits per heavy atom. The number of benzene rings is 1. The van der Waals surface area contributed by atoms with Gasteiger partial charge in [0, 0.05) is 17.6 Å². The van der Waals surface area contributed by atoms with Gasteiger partial charge in [0.25, 0.3) is 0 Å². The topological polar surface area (TPSA) is 61.4 Å². The third kappa shape index (κ3) is 5.10. The van der Waals surface area contributed by atoms with Crippen LogP contribution in [-0.4, -0.2) is 43.9 Å². The molecule has 0 aliphatic rings. The summed E-state index contributed by atoms with van der Waals surface area (Å²) in [6, 6.07) is 5.64. The molecule has 0 unspecified atom stereocenters. The molecule has 1 aromatic rings. The van der Waals surface area contributed by atoms with Crippen LogP contribution in [0.25, 0.3) is 0 Å². The van der Waals surface area contributed by atoms with E-state index >= 15 is 0 Å². The van der Waals surface area contributed by atoms with Crippen molar-refractivity contribution in [3.63, 3.8) is 0 Å². The summed E-state index contributed by atoms with van der Waals surface area (Å²) in [5.41, 5.74) is 0.603. The molecule has 22 heavy (non-hydrogen) atoms. The molecule has 5 nitrogen and oxygen atoms in total. The number of carbonyl (C=O) groups is 2. The highest BCUT2D eigenvalue weighted by Gasteiger charge is 2.36. The minimum absolute atomic E-state index is 0.282. The second kappa shape index (κ2) is 7.74. The SMILES string of the molecule is Cc1ccc(NC(=O)C(C)(C)C(=O)NCCN(C)C)c(Br)c1. The Morgan fingerprint density at radius 3 is 2.41 bits per heavy atom. The van der Waals surface area contributed by atoms with Gasteiger partial charge in [0.1, 0.15) is 5.41 Å². The molecule has 2 amide bonds. The smallest absolute Gasteiger partial charge is 0.239 e. The first-order valence-electron chi connectivity index (χ1n) is 7.15. The molecule has 0 radical (unpaired) electrons. The molecule has 0 aromatic heterocycles. The van der Waals surface area contributed by atoms with Crippen LogP contribution in [0.3, 0.4) is 0 Å². The molecule has 0 spiro atoms. The molecule has 0 fully saturated rings. The number of amides is 2. The summed E-state index contributed by atoms with van der Waals surface area (Å²) >= 11 is 3.42. The van der Waals surface area contributed by atoms with E-state index in [4.69, 9.17) is 0 Å². The molecule has 1 aromatic carbocycles. The highest BCUT2D eigenvalue weighted by Crippen LogP contribution is 2.26. The van der Waals surface area contributed by atoms with E-state index in [1.807, 2.05) is 44.1 Å². The molecule has 0 saturated heterocycles. The average molecular weight is 370 g/mol. The Morgan fingerprint density at radius 1 is 1.23 bits per heavy atom. The third-order valence-electron chi connectivity index (χ3n) is 3.35. The monoisotopic (exact) mass is 369 g/mol. The van der Waals surface area contributed by atoms with Crippen LogP contribution in [-0.2, 0) is 9.59 Å². The van der Waals surface area contributed by atoms with E-state index in [0.717, 1.165) is 16.6 Å². The third-order valence-corrected chi connectivity index (χ3v) is 4.01. The number of aryl methyl sites for hydroxylation is 1. The summed E-state index contributed by atoms with van der Waals surface area (Å²) in [5, 5.41) is 5.59. The van der Waals surface area contributed by atoms with Crippen molar-refractivity contribution in [3.8, 4) is 0 Å². The van der Waals surface area contributed by atoms with Gasteiger partial charge in [-0.25, -0.2) is 0 Å². The van der Waals surface area contributed by atoms with Crippen LogP contribution < -0.4 is 10.6 Å². The van der Waals surface area contributed by atoms with Crippen molar-refractivity contribution in [1.29, 1.82) is 0 Å². The minimum atomic E-state index is -1.14. The van der Waals surface area contributed by atoms with Crippen LogP contribution in [0.1, 0.15) is 19.4 Å². The number of hydrogen-bond donors (Lipinski definition) is 2. The Kier molecular flexibility index (Phi) is 6.56. The van der Waals surface area contributed by atoms with Crippen LogP contribution in [0.5, 0.6) is 0 Å². The fraction of sp³-hybridized carbons (Fsp3) is 0.500. The van der Waals surface area contributed by atoms with E-state index in [0.29, 0.717) is 12.2 Å². The molecular formula is C16H24BrN3O2. The fourth-order valence-corrected chi connectivity index (χ4v) is 2.31. The van der Waals surface area contributed by atoms with Gasteiger partial charge in [-0.15, -0.1) is 0 Å². The molecule has 0 saturated carbocycles. The van der Waals surface area contributed by atoms with Crippen LogP contribution >= 0.6 is 15.9 Å². The number of likely N-dealkylation sites (N-methyl/N-ethyl adjacent to an activating group) is 1. The average Bonchev–Trinajstić information content (AvgIpc) is 2.41. The Labute approximate surface area is 140 Å². The van der Waals surface area contributed by atoms with Gasteiger partial charge >= 0.3 is 0 Å². The predicted molar refractivity (Wildman–Crippen MR) is 92.9 cm³/mol. The molecule has 0 heterocycles. The van der Waals surface area contributed by atoms with Gasteiger partial charge in [-0.2, -0.15) is 0 Å². The number of nitrogens with one attached hydrogen (secondary N) is 2. The van der Waals surface area contributed by atoms with Crippen LogP contribution in [0.4, 0.5) is 5.69 Å². The Bertz CT molecular complexity index is 556. The zero-order chi connectivity index (χ0) is 16.9. The number of nitrogens with zero attached hydrogens (tertiary/aromatic N) is 1. The summed E-state index contributed by atoms with van der Waals surface area (Å²) in [7, 11) is 3.86. The number of anilines is 1. The largest absolute Gasteiger partial charge is 0.354 e. The molecule has 2 N–H and O–H groups in total. The van der Waals surface area contributed by atoms with Crippen LogP contribution in [0.2, 0.25) is 0 Å². The van der Waals surface area contributed by atoms with Gasteiger partial charge in [0.15, 0.2) is 0 Å². The minimum Gasteiger partial charge on any atom is -0.354 e. The second-order valence-electron chi connectivity index (χ2n) is 6.12. The first-order valence-corrected chi connectivity index (χ1v) is 7.94. The van der Waals surface area contributed by atoms with E-state index in [1.54, 1.807) is 13.8 Å². The normalized spacial score (nSPS) is 11.4. The van der Waals surface area contributed by atoms with Crippen molar-refractivity contribution in [2.45, 2.75) is 20.8 Å². The Balaban J connectivity index is 2.71. The van der Waals surface area contributed by atoms with Gasteiger partial charge in [-0.05, 0) is 68.5 Å². The van der Waals surface area contributed by atoms with Gasteiger partial charge in [-0.1, -0.05) is 6.07 Å². The van der Waals surface area contributed by atoms with Gasteiger partial charge in [0.05, 0.1) is 5.69 Å². The molecule has 0 atom stereocenters. The molecular weight excluding hydrogens is 346 g/mol. The van der Waals surface area contributed by atoms with E-state index in [2.05, 4.69) is 26.6 Å². The quantitative estimate of drug-likeness (QED) is 0.756. The first kappa shape index (κ1) is 18.6. The lowest BCUT2D eigenvalue weighted by Gasteiger charge is -2.23. The van der Waals surface area contributed by atoms with Crippen LogP contribution in [0.15, 0.2) is 22.7 Å². The lowest BCUT2D eigenvalue weighted by atomic mass is 9.91. The van der Waals surface area contributed by atoms with Gasteiger partial charge in [0.2, 0.25) is 11.8 Å². The van der Waals surface area contributed by atoms with Crippen LogP contribution in [0, 0.1) is 12.3 Å². The van der Waals surface area contributed by atoms with E-state index in [9.17, 15) is 9.59 Å². The van der Waals surface area contributed by atoms with Crippen molar-refractivity contribution in [1.82, 2.24) is 10.2 Å². The first-order chi connectivity index (χ1) is 10.1. The van der Waals surface area contributed by atoms with Crippen molar-refractivity contribution < 1.29 is 9.59 Å². The number of rotatable bonds is 6. The molecule has 0 aliphatic carbocycles. The summed E-state index contributed by atoms with van der Waals surface area (Å²) in [6.45, 7) is 6.45. The van der Waals surface area contributed by atoms with E-state index in [-0.39, 0.29) is 11.8 Å². The molecule has 6 heteroatoms. The number of halogens is 1. The van der Waals surface area contributed by atoms with Crippen molar-refractivity contribution in [3.05, 3.63) is 28.2 Å². The van der Waals surface area contributed by atoms with Crippen molar-refractivity contribution >= 4 is 33.4 Å². The standard InChI is InChI=1S/C16H24BrN3O2/c1-11-6-7-13(12(17)10-11)19-15(22)16(2,3)14(21)18-8-9-20(4)5/h6-7,10H,8-9H2,1-5H3,(H,18,21)(H,19,22).